The van der Waals surface area contributed by atoms with Gasteiger partial charge in [0.25, 0.3) is 5.91 Å². The third-order valence-electron chi connectivity index (χ3n) is 2.95. The molecule has 2 N–H and O–H groups in total. The van der Waals surface area contributed by atoms with E-state index in [-0.39, 0.29) is 6.42 Å². The lowest BCUT2D eigenvalue weighted by Crippen LogP contribution is -2.41. The average Bonchev–Trinajstić information content (AvgIpc) is 2.45. The largest absolute Gasteiger partial charge is 0.496 e. The second kappa shape index (κ2) is 7.79. The van der Waals surface area contributed by atoms with Gasteiger partial charge >= 0.3 is 5.97 Å². The molecular formula is C14H19NO4S. The van der Waals surface area contributed by atoms with E-state index in [2.05, 4.69) is 17.9 Å². The topological polar surface area (TPSA) is 75.6 Å². The number of aryl methyl sites for hydroxylation is 1. The molecule has 1 amide bonds. The van der Waals surface area contributed by atoms with Crippen LogP contribution in [0.15, 0.2) is 18.2 Å². The Morgan fingerprint density at radius 1 is 1.45 bits per heavy atom. The van der Waals surface area contributed by atoms with Crippen LogP contribution in [0.5, 0.6) is 5.75 Å². The molecule has 1 aromatic carbocycles. The van der Waals surface area contributed by atoms with E-state index in [4.69, 9.17) is 9.84 Å². The molecule has 0 saturated heterocycles. The van der Waals surface area contributed by atoms with Crippen LogP contribution in [-0.2, 0) is 11.2 Å². The van der Waals surface area contributed by atoms with Crippen LogP contribution in [0, 0.1) is 0 Å². The standard InChI is InChI=1S/C14H19NO4S/c1-3-9-5-4-6-10(12(9)19-2)13(16)15-11(7-8-20)14(17)18/h4-6,11,20H,3,7-8H2,1-2H3,(H,15,16)(H,17,18)/t11-/m0/s1. The molecule has 0 aliphatic heterocycles. The Kier molecular flexibility index (Phi) is 6.38. The molecule has 0 saturated carbocycles. The number of hydrogen-bond acceptors (Lipinski definition) is 4. The van der Waals surface area contributed by atoms with Crippen molar-refractivity contribution >= 4 is 24.5 Å². The van der Waals surface area contributed by atoms with Crippen LogP contribution >= 0.6 is 12.6 Å². The summed E-state index contributed by atoms with van der Waals surface area (Å²) < 4.78 is 5.27. The Labute approximate surface area is 123 Å². The fourth-order valence-electron chi connectivity index (χ4n) is 1.91. The lowest BCUT2D eigenvalue weighted by Gasteiger charge is -2.16. The van der Waals surface area contributed by atoms with Crippen molar-refractivity contribution in [1.82, 2.24) is 5.32 Å². The Morgan fingerprint density at radius 2 is 2.15 bits per heavy atom. The van der Waals surface area contributed by atoms with Gasteiger partial charge in [-0.15, -0.1) is 0 Å². The highest BCUT2D eigenvalue weighted by Gasteiger charge is 2.22. The first-order valence-electron chi connectivity index (χ1n) is 6.35. The highest BCUT2D eigenvalue weighted by atomic mass is 32.1. The van der Waals surface area contributed by atoms with Gasteiger partial charge in [-0.2, -0.15) is 12.6 Å². The van der Waals surface area contributed by atoms with Crippen molar-refractivity contribution in [2.45, 2.75) is 25.8 Å². The van der Waals surface area contributed by atoms with Gasteiger partial charge < -0.3 is 15.2 Å². The number of carbonyl (C=O) groups is 2. The molecule has 0 heterocycles. The Balaban J connectivity index is 2.99. The van der Waals surface area contributed by atoms with Crippen molar-refractivity contribution in [2.75, 3.05) is 12.9 Å². The number of methoxy groups -OCH3 is 1. The van der Waals surface area contributed by atoms with Gasteiger partial charge in [-0.25, -0.2) is 4.79 Å². The molecule has 0 unspecified atom stereocenters. The first-order chi connectivity index (χ1) is 9.54. The SMILES string of the molecule is CCc1cccc(C(=O)N[C@@H](CCS)C(=O)O)c1OC. The molecule has 0 fully saturated rings. The molecule has 1 atom stereocenters. The van der Waals surface area contributed by atoms with Gasteiger partial charge in [0.05, 0.1) is 12.7 Å². The molecule has 0 aromatic heterocycles. The van der Waals surface area contributed by atoms with Gasteiger partial charge in [-0.1, -0.05) is 19.1 Å². The van der Waals surface area contributed by atoms with Crippen molar-refractivity contribution in [2.24, 2.45) is 0 Å². The van der Waals surface area contributed by atoms with Gasteiger partial charge in [0, 0.05) is 0 Å². The molecule has 0 radical (unpaired) electrons. The summed E-state index contributed by atoms with van der Waals surface area (Å²) in [7, 11) is 1.49. The highest BCUT2D eigenvalue weighted by molar-refractivity contribution is 7.80. The average molecular weight is 297 g/mol. The summed E-state index contributed by atoms with van der Waals surface area (Å²) in [5, 5.41) is 11.5. The van der Waals surface area contributed by atoms with E-state index in [0.717, 1.165) is 12.0 Å². The number of carbonyl (C=O) groups excluding carboxylic acids is 1. The van der Waals surface area contributed by atoms with E-state index in [1.54, 1.807) is 12.1 Å². The van der Waals surface area contributed by atoms with Crippen LogP contribution < -0.4 is 10.1 Å². The number of aliphatic carboxylic acids is 1. The Bertz CT molecular complexity index is 490. The summed E-state index contributed by atoms with van der Waals surface area (Å²) in [4.78, 5) is 23.3. The molecule has 20 heavy (non-hydrogen) atoms. The predicted molar refractivity (Wildman–Crippen MR) is 79.7 cm³/mol. The fourth-order valence-corrected chi connectivity index (χ4v) is 2.16. The van der Waals surface area contributed by atoms with Crippen LogP contribution in [0.4, 0.5) is 0 Å². The third kappa shape index (κ3) is 3.90. The first kappa shape index (κ1) is 16.4. The monoisotopic (exact) mass is 297 g/mol. The molecule has 5 nitrogen and oxygen atoms in total. The summed E-state index contributed by atoms with van der Waals surface area (Å²) in [6.45, 7) is 1.96. The lowest BCUT2D eigenvalue weighted by molar-refractivity contribution is -0.139. The van der Waals surface area contributed by atoms with E-state index in [9.17, 15) is 9.59 Å². The molecule has 0 aliphatic rings. The van der Waals surface area contributed by atoms with Crippen LogP contribution in [0.25, 0.3) is 0 Å². The Morgan fingerprint density at radius 3 is 2.65 bits per heavy atom. The number of thiol groups is 1. The molecule has 1 rings (SSSR count). The number of nitrogens with one attached hydrogen (secondary N) is 1. The van der Waals surface area contributed by atoms with E-state index >= 15 is 0 Å². The van der Waals surface area contributed by atoms with Crippen LogP contribution in [0.2, 0.25) is 0 Å². The second-order valence-corrected chi connectivity index (χ2v) is 4.68. The predicted octanol–water partition coefficient (Wildman–Crippen LogP) is 1.76. The number of carboxylic acid groups (broad SMARTS) is 1. The van der Waals surface area contributed by atoms with Crippen molar-refractivity contribution in [1.29, 1.82) is 0 Å². The van der Waals surface area contributed by atoms with Crippen LogP contribution in [0.1, 0.15) is 29.3 Å². The third-order valence-corrected chi connectivity index (χ3v) is 3.21. The minimum atomic E-state index is -1.07. The number of amides is 1. The van der Waals surface area contributed by atoms with Crippen molar-refractivity contribution in [3.63, 3.8) is 0 Å². The number of ether oxygens (including phenoxy) is 1. The maximum atomic E-state index is 12.2. The van der Waals surface area contributed by atoms with Crippen LogP contribution in [0.3, 0.4) is 0 Å². The Hall–Kier alpha value is -1.69. The molecule has 110 valence electrons. The summed E-state index contributed by atoms with van der Waals surface area (Å²) in [6.07, 6.45) is 0.989. The van der Waals surface area contributed by atoms with Crippen molar-refractivity contribution in [3.05, 3.63) is 29.3 Å². The molecule has 6 heteroatoms. The fraction of sp³-hybridized carbons (Fsp3) is 0.429. The minimum absolute atomic E-state index is 0.264. The van der Waals surface area contributed by atoms with Gasteiger partial charge in [-0.3, -0.25) is 4.79 Å². The summed E-state index contributed by atoms with van der Waals surface area (Å²) in [6, 6.07) is 4.30. The van der Waals surface area contributed by atoms with Gasteiger partial charge in [-0.05, 0) is 30.2 Å². The molecular weight excluding hydrogens is 278 g/mol. The van der Waals surface area contributed by atoms with Crippen molar-refractivity contribution < 1.29 is 19.4 Å². The smallest absolute Gasteiger partial charge is 0.326 e. The van der Waals surface area contributed by atoms with Crippen molar-refractivity contribution in [3.8, 4) is 5.75 Å². The van der Waals surface area contributed by atoms with Crippen LogP contribution in [-0.4, -0.2) is 35.9 Å². The summed E-state index contributed by atoms with van der Waals surface area (Å²) in [5.74, 6) is -0.657. The quantitative estimate of drug-likeness (QED) is 0.670. The lowest BCUT2D eigenvalue weighted by atomic mass is 10.1. The first-order valence-corrected chi connectivity index (χ1v) is 6.98. The summed E-state index contributed by atoms with van der Waals surface area (Å²) >= 11 is 4.00. The number of benzene rings is 1. The highest BCUT2D eigenvalue weighted by Crippen LogP contribution is 2.24. The molecule has 0 aliphatic carbocycles. The number of para-hydroxylation sites is 1. The van der Waals surface area contributed by atoms with Gasteiger partial charge in [0.1, 0.15) is 11.8 Å². The van der Waals surface area contributed by atoms with E-state index in [1.807, 2.05) is 13.0 Å². The maximum Gasteiger partial charge on any atom is 0.326 e. The zero-order valence-electron chi connectivity index (χ0n) is 11.5. The second-order valence-electron chi connectivity index (χ2n) is 4.23. The summed E-state index contributed by atoms with van der Waals surface area (Å²) in [5.41, 5.74) is 1.25. The molecule has 0 bridgehead atoms. The number of carboxylic acids is 1. The van der Waals surface area contributed by atoms with E-state index < -0.39 is 17.9 Å². The maximum absolute atomic E-state index is 12.2. The molecule has 0 spiro atoms. The number of hydrogen-bond donors (Lipinski definition) is 3. The van der Waals surface area contributed by atoms with Gasteiger partial charge in [0.2, 0.25) is 0 Å². The minimum Gasteiger partial charge on any atom is -0.496 e. The zero-order chi connectivity index (χ0) is 15.1. The number of rotatable bonds is 7. The van der Waals surface area contributed by atoms with Gasteiger partial charge in [0.15, 0.2) is 0 Å². The van der Waals surface area contributed by atoms with E-state index in [0.29, 0.717) is 17.1 Å². The van der Waals surface area contributed by atoms with E-state index in [1.165, 1.54) is 7.11 Å². The molecule has 1 aromatic rings. The normalized spacial score (nSPS) is 11.8. The zero-order valence-corrected chi connectivity index (χ0v) is 12.4.